The topological polar surface area (TPSA) is 38.7 Å². The second kappa shape index (κ2) is 13.0. The molecule has 0 saturated heterocycles. The van der Waals surface area contributed by atoms with E-state index in [4.69, 9.17) is 15.0 Å². The van der Waals surface area contributed by atoms with Crippen molar-refractivity contribution < 1.29 is 0 Å². The van der Waals surface area contributed by atoms with E-state index in [9.17, 15) is 0 Å². The molecule has 0 aliphatic heterocycles. The Balaban J connectivity index is 1.04. The van der Waals surface area contributed by atoms with E-state index in [0.29, 0.717) is 17.5 Å². The van der Waals surface area contributed by atoms with Crippen molar-refractivity contribution in [2.75, 3.05) is 0 Å². The average Bonchev–Trinajstić information content (AvgIpc) is 3.98. The number of hydrogen-bond acceptors (Lipinski definition) is 6. The zero-order valence-electron chi connectivity index (χ0n) is 30.3. The van der Waals surface area contributed by atoms with Gasteiger partial charge < -0.3 is 0 Å². The van der Waals surface area contributed by atoms with E-state index >= 15 is 0 Å². The van der Waals surface area contributed by atoms with E-state index < -0.39 is 0 Å². The minimum Gasteiger partial charge on any atom is -0.208 e. The van der Waals surface area contributed by atoms with Gasteiger partial charge in [-0.3, -0.25) is 0 Å². The number of fused-ring (bicyclic) bond motifs is 9. The molecule has 57 heavy (non-hydrogen) atoms. The molecule has 0 spiro atoms. The third kappa shape index (κ3) is 5.26. The Labute approximate surface area is 339 Å². The number of benzene rings is 8. The third-order valence-corrected chi connectivity index (χ3v) is 14.5. The highest BCUT2D eigenvalue weighted by molar-refractivity contribution is 7.27. The third-order valence-electron chi connectivity index (χ3n) is 11.0. The second-order valence-corrected chi connectivity index (χ2v) is 17.5. The van der Waals surface area contributed by atoms with E-state index in [2.05, 4.69) is 140 Å². The lowest BCUT2D eigenvalue weighted by Crippen LogP contribution is -2.00. The standard InChI is InChI=1S/C51H29N3S3/c1-3-13-30(14-4-1)49-52-50(31-15-5-2-6-16-31)54-51(53-49)40-21-11-20-36-34-26-25-32(29-44(34)57-47(36)40)33-27-28-37(48-46(33)39-18-8-10-23-42(39)56-48)35-19-12-24-43-45(35)38-17-7-9-22-41(38)55-43/h1-29H. The Morgan fingerprint density at radius 1 is 0.281 bits per heavy atom. The summed E-state index contributed by atoms with van der Waals surface area (Å²) in [5, 5.41) is 7.73. The van der Waals surface area contributed by atoms with Crippen molar-refractivity contribution in [2.45, 2.75) is 0 Å². The quantitative estimate of drug-likeness (QED) is 0.175. The van der Waals surface area contributed by atoms with Gasteiger partial charge in [0.25, 0.3) is 0 Å². The molecule has 0 unspecified atom stereocenters. The lowest BCUT2D eigenvalue weighted by Gasteiger charge is -2.11. The fourth-order valence-electron chi connectivity index (χ4n) is 8.35. The van der Waals surface area contributed by atoms with Gasteiger partial charge in [-0.15, -0.1) is 34.0 Å². The number of aromatic nitrogens is 3. The van der Waals surface area contributed by atoms with Crippen LogP contribution in [0.5, 0.6) is 0 Å². The molecule has 0 amide bonds. The lowest BCUT2D eigenvalue weighted by atomic mass is 9.93. The molecule has 0 radical (unpaired) electrons. The van der Waals surface area contributed by atoms with Gasteiger partial charge in [0.05, 0.1) is 0 Å². The van der Waals surface area contributed by atoms with Crippen LogP contribution in [-0.4, -0.2) is 15.0 Å². The van der Waals surface area contributed by atoms with Crippen molar-refractivity contribution in [3.63, 3.8) is 0 Å². The highest BCUT2D eigenvalue weighted by Gasteiger charge is 2.20. The molecule has 12 aromatic rings. The van der Waals surface area contributed by atoms with Gasteiger partial charge in [-0.2, -0.15) is 0 Å². The van der Waals surface area contributed by atoms with Crippen LogP contribution in [-0.2, 0) is 0 Å². The average molecular weight is 780 g/mol. The highest BCUT2D eigenvalue weighted by atomic mass is 32.1. The van der Waals surface area contributed by atoms with Crippen molar-refractivity contribution >= 4 is 94.5 Å². The summed E-state index contributed by atoms with van der Waals surface area (Å²) < 4.78 is 7.69. The summed E-state index contributed by atoms with van der Waals surface area (Å²) in [6.07, 6.45) is 0. The predicted molar refractivity (Wildman–Crippen MR) is 246 cm³/mol. The Kier molecular flexibility index (Phi) is 7.45. The molecule has 0 aliphatic carbocycles. The van der Waals surface area contributed by atoms with Crippen LogP contribution >= 0.6 is 34.0 Å². The smallest absolute Gasteiger partial charge is 0.165 e. The number of hydrogen-bond donors (Lipinski definition) is 0. The number of nitrogens with zero attached hydrogens (tertiary/aromatic N) is 3. The van der Waals surface area contributed by atoms with Gasteiger partial charge >= 0.3 is 0 Å². The van der Waals surface area contributed by atoms with E-state index in [1.807, 2.05) is 70.4 Å². The molecular weight excluding hydrogens is 751 g/mol. The predicted octanol–water partition coefficient (Wildman–Crippen LogP) is 15.3. The fourth-order valence-corrected chi connectivity index (χ4v) is 12.0. The molecule has 12 rings (SSSR count). The summed E-state index contributed by atoms with van der Waals surface area (Å²) >= 11 is 5.59. The van der Waals surface area contributed by atoms with Gasteiger partial charge in [-0.1, -0.05) is 146 Å². The van der Waals surface area contributed by atoms with Crippen molar-refractivity contribution in [2.24, 2.45) is 0 Å². The molecule has 0 fully saturated rings. The molecule has 4 aromatic heterocycles. The summed E-state index contributed by atoms with van der Waals surface area (Å²) in [7, 11) is 0. The van der Waals surface area contributed by atoms with Crippen LogP contribution in [0.3, 0.4) is 0 Å². The first-order valence-corrected chi connectivity index (χ1v) is 21.4. The van der Waals surface area contributed by atoms with Crippen LogP contribution in [0.4, 0.5) is 0 Å². The minimum absolute atomic E-state index is 0.665. The largest absolute Gasteiger partial charge is 0.208 e. The molecular formula is C51H29N3S3. The Morgan fingerprint density at radius 3 is 1.60 bits per heavy atom. The maximum atomic E-state index is 5.09. The van der Waals surface area contributed by atoms with Gasteiger partial charge in [0.2, 0.25) is 0 Å². The molecule has 0 bridgehead atoms. The summed E-state index contributed by atoms with van der Waals surface area (Å²) in [5.74, 6) is 2.01. The summed E-state index contributed by atoms with van der Waals surface area (Å²) in [6, 6.07) is 63.0. The van der Waals surface area contributed by atoms with E-state index in [1.54, 1.807) is 0 Å². The number of thiophene rings is 3. The SMILES string of the molecule is c1ccc(-c2nc(-c3ccccc3)nc(-c3cccc4c3sc3cc(-c5ccc(-c6cccc7sc8ccccc8c67)c6sc7ccccc7c56)ccc34)n2)cc1. The monoisotopic (exact) mass is 779 g/mol. The van der Waals surface area contributed by atoms with Crippen molar-refractivity contribution in [1.29, 1.82) is 0 Å². The zero-order valence-corrected chi connectivity index (χ0v) is 32.8. The Morgan fingerprint density at radius 2 is 0.842 bits per heavy atom. The molecule has 0 N–H and O–H groups in total. The van der Waals surface area contributed by atoms with Crippen molar-refractivity contribution in [1.82, 2.24) is 15.0 Å². The van der Waals surface area contributed by atoms with Gasteiger partial charge in [-0.25, -0.2) is 15.0 Å². The lowest BCUT2D eigenvalue weighted by molar-refractivity contribution is 1.08. The van der Waals surface area contributed by atoms with E-state index in [0.717, 1.165) is 16.7 Å². The molecule has 4 heterocycles. The minimum atomic E-state index is 0.665. The molecule has 8 aromatic carbocycles. The van der Waals surface area contributed by atoms with Gasteiger partial charge in [-0.05, 0) is 47.0 Å². The van der Waals surface area contributed by atoms with Gasteiger partial charge in [0.15, 0.2) is 17.5 Å². The van der Waals surface area contributed by atoms with Crippen LogP contribution < -0.4 is 0 Å². The summed E-state index contributed by atoms with van der Waals surface area (Å²) in [5.41, 5.74) is 8.00. The van der Waals surface area contributed by atoms with E-state index in [1.165, 1.54) is 82.8 Å². The van der Waals surface area contributed by atoms with Gasteiger partial charge in [0.1, 0.15) is 0 Å². The molecule has 0 aliphatic rings. The van der Waals surface area contributed by atoms with Gasteiger partial charge in [0, 0.05) is 82.8 Å². The van der Waals surface area contributed by atoms with Crippen LogP contribution in [0.2, 0.25) is 0 Å². The molecule has 6 heteroatoms. The first kappa shape index (κ1) is 32.7. The Hall–Kier alpha value is -6.57. The molecule has 3 nitrogen and oxygen atoms in total. The second-order valence-electron chi connectivity index (χ2n) is 14.3. The maximum absolute atomic E-state index is 5.09. The zero-order chi connectivity index (χ0) is 37.5. The molecule has 0 saturated carbocycles. The first-order valence-electron chi connectivity index (χ1n) is 18.9. The normalized spacial score (nSPS) is 11.9. The summed E-state index contributed by atoms with van der Waals surface area (Å²) in [4.78, 5) is 15.1. The molecule has 266 valence electrons. The van der Waals surface area contributed by atoms with Crippen LogP contribution in [0.1, 0.15) is 0 Å². The fraction of sp³-hybridized carbons (Fsp3) is 0. The maximum Gasteiger partial charge on any atom is 0.165 e. The first-order chi connectivity index (χ1) is 28.2. The van der Waals surface area contributed by atoms with Crippen molar-refractivity contribution in [3.8, 4) is 56.4 Å². The van der Waals surface area contributed by atoms with Crippen LogP contribution in [0.15, 0.2) is 176 Å². The summed E-state index contributed by atoms with van der Waals surface area (Å²) in [6.45, 7) is 0. The van der Waals surface area contributed by atoms with Crippen LogP contribution in [0, 0.1) is 0 Å². The molecule has 0 atom stereocenters. The Bertz CT molecular complexity index is 3470. The van der Waals surface area contributed by atoms with Crippen LogP contribution in [0.25, 0.3) is 117 Å². The highest BCUT2D eigenvalue weighted by Crippen LogP contribution is 2.49. The van der Waals surface area contributed by atoms with Crippen molar-refractivity contribution in [3.05, 3.63) is 176 Å². The van der Waals surface area contributed by atoms with E-state index in [-0.39, 0.29) is 0 Å². The number of rotatable bonds is 5.